The molecule has 2 fully saturated rings. The lowest BCUT2D eigenvalue weighted by Gasteiger charge is -2.37. The smallest absolute Gasteiger partial charge is 0.240 e. The number of carbonyl (C=O) groups excluding carboxylic acids is 1. The highest BCUT2D eigenvalue weighted by Gasteiger charge is 2.46. The zero-order valence-corrected chi connectivity index (χ0v) is 16.0. The molecule has 1 amide bonds. The molecule has 144 valence electrons. The number of hydrogen-bond acceptors (Lipinski definition) is 5. The number of amides is 1. The molecule has 0 spiro atoms. The number of aryl methyl sites for hydroxylation is 1. The normalized spacial score (nSPS) is 19.4. The second-order valence-corrected chi connectivity index (χ2v) is 7.82. The topological polar surface area (TPSA) is 71.3 Å². The van der Waals surface area contributed by atoms with Gasteiger partial charge in [0.1, 0.15) is 5.54 Å². The van der Waals surface area contributed by atoms with Crippen molar-refractivity contribution in [3.63, 3.8) is 0 Å². The van der Waals surface area contributed by atoms with Crippen molar-refractivity contribution in [3.8, 4) is 11.4 Å². The zero-order valence-electron chi connectivity index (χ0n) is 16.0. The van der Waals surface area contributed by atoms with Gasteiger partial charge in [-0.25, -0.2) is 0 Å². The van der Waals surface area contributed by atoms with Gasteiger partial charge in [-0.3, -0.25) is 9.69 Å². The van der Waals surface area contributed by atoms with Gasteiger partial charge >= 0.3 is 0 Å². The summed E-state index contributed by atoms with van der Waals surface area (Å²) in [4.78, 5) is 19.9. The van der Waals surface area contributed by atoms with E-state index in [0.717, 1.165) is 44.3 Å². The van der Waals surface area contributed by atoms with Gasteiger partial charge in [-0.05, 0) is 45.7 Å². The predicted molar refractivity (Wildman–Crippen MR) is 103 cm³/mol. The summed E-state index contributed by atoms with van der Waals surface area (Å²) < 4.78 is 5.36. The third kappa shape index (κ3) is 3.76. The van der Waals surface area contributed by atoms with E-state index >= 15 is 0 Å². The summed E-state index contributed by atoms with van der Waals surface area (Å²) in [7, 11) is 0. The Hall–Kier alpha value is -2.21. The first-order valence-corrected chi connectivity index (χ1v) is 10.1. The quantitative estimate of drug-likeness (QED) is 0.848. The van der Waals surface area contributed by atoms with Crippen molar-refractivity contribution in [3.05, 3.63) is 35.7 Å². The molecule has 0 atom stereocenters. The second kappa shape index (κ2) is 7.80. The van der Waals surface area contributed by atoms with Gasteiger partial charge in [-0.1, -0.05) is 47.8 Å². The summed E-state index contributed by atoms with van der Waals surface area (Å²) in [6.07, 6.45) is 7.23. The molecule has 1 saturated carbocycles. The van der Waals surface area contributed by atoms with Gasteiger partial charge in [0.15, 0.2) is 0 Å². The lowest BCUT2D eigenvalue weighted by molar-refractivity contribution is -0.132. The number of benzene rings is 1. The van der Waals surface area contributed by atoms with Crippen molar-refractivity contribution in [1.82, 2.24) is 20.4 Å². The van der Waals surface area contributed by atoms with E-state index in [2.05, 4.69) is 20.4 Å². The number of hydrogen-bond donors (Lipinski definition) is 1. The van der Waals surface area contributed by atoms with Crippen LogP contribution in [0.5, 0.6) is 0 Å². The van der Waals surface area contributed by atoms with Crippen LogP contribution < -0.4 is 5.32 Å². The fraction of sp³-hybridized carbons (Fsp3) is 0.571. The summed E-state index contributed by atoms with van der Waals surface area (Å²) in [5.41, 5.74) is 1.86. The molecular weight excluding hydrogens is 340 g/mol. The number of nitrogens with one attached hydrogen (secondary N) is 1. The summed E-state index contributed by atoms with van der Waals surface area (Å²) in [5.74, 6) is 1.34. The molecule has 0 radical (unpaired) electrons. The Morgan fingerprint density at radius 2 is 1.85 bits per heavy atom. The lowest BCUT2D eigenvalue weighted by atomic mass is 9.94. The number of carbonyl (C=O) groups is 1. The molecule has 2 aliphatic rings. The van der Waals surface area contributed by atoms with Crippen LogP contribution in [0.3, 0.4) is 0 Å². The minimum Gasteiger partial charge on any atom is -0.354 e. The van der Waals surface area contributed by atoms with Crippen LogP contribution in [0.1, 0.15) is 50.0 Å². The first-order chi connectivity index (χ1) is 13.2. The average Bonchev–Trinajstić information content (AvgIpc) is 3.43. The summed E-state index contributed by atoms with van der Waals surface area (Å²) in [6, 6.07) is 8.05. The van der Waals surface area contributed by atoms with E-state index in [-0.39, 0.29) is 11.4 Å². The standard InChI is InChI=1S/C21H28N4O2/c1-16-6-8-17(9-7-16)19-23-18(27-24-19)10-13-22-20(26)21(11-2-3-12-21)25-14-4-5-15-25/h6-9H,2-5,10-15H2,1H3,(H,22,26). The molecule has 0 bridgehead atoms. The van der Waals surface area contributed by atoms with Crippen LogP contribution in [0.2, 0.25) is 0 Å². The Bertz CT molecular complexity index is 772. The van der Waals surface area contributed by atoms with Gasteiger partial charge in [0.2, 0.25) is 17.6 Å². The Morgan fingerprint density at radius 3 is 2.56 bits per heavy atom. The predicted octanol–water partition coefficient (Wildman–Crippen LogP) is 3.11. The molecule has 6 heteroatoms. The van der Waals surface area contributed by atoms with Gasteiger partial charge in [-0.2, -0.15) is 4.98 Å². The minimum absolute atomic E-state index is 0.181. The van der Waals surface area contributed by atoms with Crippen LogP contribution >= 0.6 is 0 Å². The van der Waals surface area contributed by atoms with E-state index in [1.165, 1.54) is 18.4 Å². The highest BCUT2D eigenvalue weighted by molar-refractivity contribution is 5.86. The fourth-order valence-electron chi connectivity index (χ4n) is 4.42. The molecule has 0 unspecified atom stereocenters. The summed E-state index contributed by atoms with van der Waals surface area (Å²) in [5, 5.41) is 7.20. The van der Waals surface area contributed by atoms with Crippen molar-refractivity contribution >= 4 is 5.91 Å². The number of nitrogens with zero attached hydrogens (tertiary/aromatic N) is 3. The van der Waals surface area contributed by atoms with Gasteiger partial charge in [0.05, 0.1) is 0 Å². The third-order valence-electron chi connectivity index (χ3n) is 5.97. The zero-order chi connectivity index (χ0) is 18.7. The number of aromatic nitrogens is 2. The van der Waals surface area contributed by atoms with E-state index in [9.17, 15) is 4.79 Å². The Labute approximate surface area is 160 Å². The van der Waals surface area contributed by atoms with Crippen molar-refractivity contribution in [2.75, 3.05) is 19.6 Å². The summed E-state index contributed by atoms with van der Waals surface area (Å²) >= 11 is 0. The van der Waals surface area contributed by atoms with Crippen LogP contribution in [0.25, 0.3) is 11.4 Å². The van der Waals surface area contributed by atoms with Crippen molar-refractivity contribution < 1.29 is 9.32 Å². The molecule has 1 saturated heterocycles. The molecule has 1 aliphatic heterocycles. The van der Waals surface area contributed by atoms with Crippen LogP contribution in [0.4, 0.5) is 0 Å². The van der Waals surface area contributed by atoms with Crippen molar-refractivity contribution in [1.29, 1.82) is 0 Å². The maximum Gasteiger partial charge on any atom is 0.240 e. The van der Waals surface area contributed by atoms with Gasteiger partial charge in [0, 0.05) is 18.5 Å². The molecule has 2 aromatic rings. The molecule has 1 aromatic carbocycles. The van der Waals surface area contributed by atoms with E-state index in [1.54, 1.807) is 0 Å². The second-order valence-electron chi connectivity index (χ2n) is 7.82. The van der Waals surface area contributed by atoms with Crippen molar-refractivity contribution in [2.45, 2.75) is 57.4 Å². The van der Waals surface area contributed by atoms with Crippen LogP contribution in [0, 0.1) is 6.92 Å². The average molecular weight is 368 g/mol. The molecule has 2 heterocycles. The molecule has 1 N–H and O–H groups in total. The molecule has 4 rings (SSSR count). The van der Waals surface area contributed by atoms with Gasteiger partial charge in [-0.15, -0.1) is 0 Å². The van der Waals surface area contributed by atoms with E-state index in [0.29, 0.717) is 24.7 Å². The highest BCUT2D eigenvalue weighted by Crippen LogP contribution is 2.37. The highest BCUT2D eigenvalue weighted by atomic mass is 16.5. The number of rotatable bonds is 6. The first-order valence-electron chi connectivity index (χ1n) is 10.1. The monoisotopic (exact) mass is 368 g/mol. The van der Waals surface area contributed by atoms with E-state index in [4.69, 9.17) is 4.52 Å². The minimum atomic E-state index is -0.279. The molecule has 1 aliphatic carbocycles. The van der Waals surface area contributed by atoms with Gasteiger partial charge < -0.3 is 9.84 Å². The maximum atomic E-state index is 13.0. The van der Waals surface area contributed by atoms with Crippen LogP contribution in [-0.4, -0.2) is 46.1 Å². The largest absolute Gasteiger partial charge is 0.354 e. The summed E-state index contributed by atoms with van der Waals surface area (Å²) in [6.45, 7) is 4.69. The number of likely N-dealkylation sites (tertiary alicyclic amines) is 1. The lowest BCUT2D eigenvalue weighted by Crippen LogP contribution is -2.56. The van der Waals surface area contributed by atoms with Gasteiger partial charge in [0.25, 0.3) is 0 Å². The fourth-order valence-corrected chi connectivity index (χ4v) is 4.42. The molecule has 6 nitrogen and oxygen atoms in total. The van der Waals surface area contributed by atoms with E-state index in [1.807, 2.05) is 31.2 Å². The Morgan fingerprint density at radius 1 is 1.15 bits per heavy atom. The van der Waals surface area contributed by atoms with Crippen LogP contribution in [0.15, 0.2) is 28.8 Å². The first kappa shape index (κ1) is 18.2. The van der Waals surface area contributed by atoms with Crippen molar-refractivity contribution in [2.24, 2.45) is 0 Å². The SMILES string of the molecule is Cc1ccc(-c2noc(CCNC(=O)C3(N4CCCC4)CCCC3)n2)cc1. The third-order valence-corrected chi connectivity index (χ3v) is 5.97. The molecule has 27 heavy (non-hydrogen) atoms. The van der Waals surface area contributed by atoms with Crippen LogP contribution in [-0.2, 0) is 11.2 Å². The molecule has 1 aromatic heterocycles. The Balaban J connectivity index is 1.34. The van der Waals surface area contributed by atoms with E-state index < -0.39 is 0 Å². The maximum absolute atomic E-state index is 13.0. The Kier molecular flexibility index (Phi) is 5.25. The molecular formula is C21H28N4O2.